The highest BCUT2D eigenvalue weighted by atomic mass is 35.5. The minimum absolute atomic E-state index is 0. The molecule has 2 amide bonds. The quantitative estimate of drug-likeness (QED) is 0.723. The van der Waals surface area contributed by atoms with Gasteiger partial charge in [-0.3, -0.25) is 9.59 Å². The molecule has 0 aromatic carbocycles. The van der Waals surface area contributed by atoms with Gasteiger partial charge in [0.15, 0.2) is 0 Å². The maximum atomic E-state index is 12.9. The molecule has 29 heavy (non-hydrogen) atoms. The normalized spacial score (nSPS) is 20.8. The molecule has 1 aliphatic heterocycles. The van der Waals surface area contributed by atoms with Gasteiger partial charge in [0.05, 0.1) is 5.92 Å². The number of piperidine rings is 1. The lowest BCUT2D eigenvalue weighted by Crippen LogP contribution is -2.46. The third-order valence-electron chi connectivity index (χ3n) is 6.18. The predicted octanol–water partition coefficient (Wildman–Crippen LogP) is 3.71. The van der Waals surface area contributed by atoms with Crippen molar-refractivity contribution < 1.29 is 9.59 Å². The van der Waals surface area contributed by atoms with E-state index in [1.165, 1.54) is 19.3 Å². The van der Waals surface area contributed by atoms with Crippen LogP contribution in [0.25, 0.3) is 0 Å². The van der Waals surface area contributed by atoms with Crippen molar-refractivity contribution in [1.82, 2.24) is 9.88 Å². The number of anilines is 1. The number of hydrogen-bond donors (Lipinski definition) is 2. The van der Waals surface area contributed by atoms with Crippen LogP contribution in [0.4, 0.5) is 5.82 Å². The van der Waals surface area contributed by atoms with Crippen molar-refractivity contribution in [2.45, 2.75) is 58.3 Å². The fourth-order valence-electron chi connectivity index (χ4n) is 4.38. The number of aryl methyl sites for hydroxylation is 1. The Morgan fingerprint density at radius 1 is 1.21 bits per heavy atom. The first kappa shape index (κ1) is 25.7. The number of rotatable bonds is 5. The summed E-state index contributed by atoms with van der Waals surface area (Å²) in [6.45, 7) is 3.78. The van der Waals surface area contributed by atoms with Crippen LogP contribution >= 0.6 is 24.8 Å². The maximum absolute atomic E-state index is 12.9. The lowest BCUT2D eigenvalue weighted by molar-refractivity contribution is -0.137. The summed E-state index contributed by atoms with van der Waals surface area (Å²) in [4.78, 5) is 31.7. The van der Waals surface area contributed by atoms with Crippen LogP contribution in [0.1, 0.15) is 56.9 Å². The molecule has 0 bridgehead atoms. The van der Waals surface area contributed by atoms with Crippen LogP contribution in [0.2, 0.25) is 0 Å². The Morgan fingerprint density at radius 3 is 2.55 bits per heavy atom. The van der Waals surface area contributed by atoms with Crippen molar-refractivity contribution in [1.29, 1.82) is 0 Å². The van der Waals surface area contributed by atoms with Gasteiger partial charge in [-0.05, 0) is 56.2 Å². The summed E-state index contributed by atoms with van der Waals surface area (Å²) >= 11 is 0. The number of aromatic nitrogens is 1. The Balaban J connectivity index is 0.00000210. The molecule has 1 saturated heterocycles. The van der Waals surface area contributed by atoms with E-state index in [1.807, 2.05) is 24.0 Å². The van der Waals surface area contributed by atoms with Gasteiger partial charge in [-0.15, -0.1) is 24.8 Å². The largest absolute Gasteiger partial charge is 0.342 e. The van der Waals surface area contributed by atoms with Crippen molar-refractivity contribution in [3.63, 3.8) is 0 Å². The number of hydrogen-bond acceptors (Lipinski definition) is 4. The first-order chi connectivity index (χ1) is 13.0. The van der Waals surface area contributed by atoms with E-state index in [1.54, 1.807) is 6.20 Å². The van der Waals surface area contributed by atoms with Crippen LogP contribution < -0.4 is 11.1 Å². The number of halogens is 2. The van der Waals surface area contributed by atoms with Gasteiger partial charge in [0, 0.05) is 25.7 Å². The topological polar surface area (TPSA) is 88.3 Å². The Hall–Kier alpha value is -1.37. The second-order valence-corrected chi connectivity index (χ2v) is 8.33. The number of nitrogens with zero attached hydrogens (tertiary/aromatic N) is 2. The number of carbonyl (C=O) groups is 2. The number of carbonyl (C=O) groups excluding carboxylic acids is 2. The van der Waals surface area contributed by atoms with Gasteiger partial charge in [0.2, 0.25) is 11.8 Å². The van der Waals surface area contributed by atoms with Crippen molar-refractivity contribution in [3.05, 3.63) is 23.9 Å². The third kappa shape index (κ3) is 6.83. The van der Waals surface area contributed by atoms with E-state index in [-0.39, 0.29) is 48.0 Å². The molecular weight excluding hydrogens is 411 g/mol. The molecule has 2 fully saturated rings. The third-order valence-corrected chi connectivity index (χ3v) is 6.18. The zero-order valence-electron chi connectivity index (χ0n) is 17.2. The number of pyridine rings is 1. The highest BCUT2D eigenvalue weighted by Gasteiger charge is 2.36. The van der Waals surface area contributed by atoms with Gasteiger partial charge >= 0.3 is 0 Å². The number of amides is 2. The first-order valence-corrected chi connectivity index (χ1v) is 10.2. The molecule has 2 heterocycles. The monoisotopic (exact) mass is 444 g/mol. The van der Waals surface area contributed by atoms with Crippen LogP contribution in [-0.2, 0) is 9.59 Å². The Bertz CT molecular complexity index is 663. The zero-order valence-corrected chi connectivity index (χ0v) is 18.8. The minimum Gasteiger partial charge on any atom is -0.342 e. The van der Waals surface area contributed by atoms with Crippen LogP contribution in [0.3, 0.4) is 0 Å². The van der Waals surface area contributed by atoms with E-state index in [4.69, 9.17) is 5.73 Å². The fourth-order valence-corrected chi connectivity index (χ4v) is 4.38. The Labute approximate surface area is 186 Å². The van der Waals surface area contributed by atoms with Gasteiger partial charge in [0.1, 0.15) is 5.82 Å². The molecule has 2 aliphatic rings. The highest BCUT2D eigenvalue weighted by molar-refractivity contribution is 5.92. The molecule has 1 aromatic heterocycles. The lowest BCUT2D eigenvalue weighted by atomic mass is 9.71. The van der Waals surface area contributed by atoms with Gasteiger partial charge < -0.3 is 16.0 Å². The summed E-state index contributed by atoms with van der Waals surface area (Å²) in [6.07, 6.45) is 9.61. The average molecular weight is 445 g/mol. The maximum Gasteiger partial charge on any atom is 0.230 e. The molecule has 1 unspecified atom stereocenters. The van der Waals surface area contributed by atoms with Crippen LogP contribution in [-0.4, -0.2) is 41.3 Å². The molecule has 1 aromatic rings. The van der Waals surface area contributed by atoms with Crippen LogP contribution in [0, 0.1) is 18.3 Å². The average Bonchev–Trinajstić information content (AvgIpc) is 2.70. The van der Waals surface area contributed by atoms with Crippen molar-refractivity contribution in [3.8, 4) is 0 Å². The molecule has 0 radical (unpaired) electrons. The van der Waals surface area contributed by atoms with E-state index in [2.05, 4.69) is 10.3 Å². The summed E-state index contributed by atoms with van der Waals surface area (Å²) in [5.41, 5.74) is 7.07. The molecule has 1 aliphatic carbocycles. The van der Waals surface area contributed by atoms with Crippen LogP contribution in [0.5, 0.6) is 0 Å². The van der Waals surface area contributed by atoms with Gasteiger partial charge in [-0.25, -0.2) is 4.98 Å². The van der Waals surface area contributed by atoms with E-state index >= 15 is 0 Å². The van der Waals surface area contributed by atoms with Gasteiger partial charge in [-0.2, -0.15) is 0 Å². The molecule has 1 saturated carbocycles. The van der Waals surface area contributed by atoms with E-state index in [0.29, 0.717) is 25.3 Å². The smallest absolute Gasteiger partial charge is 0.230 e. The molecule has 6 nitrogen and oxygen atoms in total. The predicted molar refractivity (Wildman–Crippen MR) is 121 cm³/mol. The van der Waals surface area contributed by atoms with E-state index in [9.17, 15) is 9.59 Å². The Morgan fingerprint density at radius 2 is 1.93 bits per heavy atom. The standard InChI is InChI=1S/C21H32N4O2.2ClH/c1-16-7-8-18(23-13-16)24-20(27)17-6-5-11-25(14-17)19(26)12-21(15-22)9-3-2-4-10-21;;/h7-8,13,17H,2-6,9-12,14-15,22H2,1H3,(H,23,24,27);2*1H. The molecule has 3 rings (SSSR count). The zero-order chi connectivity index (χ0) is 19.3. The summed E-state index contributed by atoms with van der Waals surface area (Å²) < 4.78 is 0. The molecular formula is C21H34Cl2N4O2. The summed E-state index contributed by atoms with van der Waals surface area (Å²) in [6, 6.07) is 3.74. The summed E-state index contributed by atoms with van der Waals surface area (Å²) in [5, 5.41) is 2.89. The van der Waals surface area contributed by atoms with Gasteiger partial charge in [-0.1, -0.05) is 25.3 Å². The minimum atomic E-state index is -0.175. The Kier molecular flexibility index (Phi) is 10.4. The van der Waals surface area contributed by atoms with Crippen LogP contribution in [0.15, 0.2) is 18.3 Å². The summed E-state index contributed by atoms with van der Waals surface area (Å²) in [7, 11) is 0. The first-order valence-electron chi connectivity index (χ1n) is 10.2. The second-order valence-electron chi connectivity index (χ2n) is 8.33. The second kappa shape index (κ2) is 11.7. The number of likely N-dealkylation sites (tertiary alicyclic amines) is 1. The molecule has 164 valence electrons. The number of nitrogens with one attached hydrogen (secondary N) is 1. The van der Waals surface area contributed by atoms with Crippen molar-refractivity contribution in [2.75, 3.05) is 25.0 Å². The lowest BCUT2D eigenvalue weighted by Gasteiger charge is -2.39. The van der Waals surface area contributed by atoms with Crippen molar-refractivity contribution >= 4 is 42.4 Å². The van der Waals surface area contributed by atoms with Crippen molar-refractivity contribution in [2.24, 2.45) is 17.1 Å². The SMILES string of the molecule is Cc1ccc(NC(=O)C2CCCN(C(=O)CC3(CN)CCCCC3)C2)nc1.Cl.Cl. The van der Waals surface area contributed by atoms with E-state index < -0.39 is 0 Å². The highest BCUT2D eigenvalue weighted by Crippen LogP contribution is 2.39. The fraction of sp³-hybridized carbons (Fsp3) is 0.667. The van der Waals surface area contributed by atoms with E-state index in [0.717, 1.165) is 37.8 Å². The summed E-state index contributed by atoms with van der Waals surface area (Å²) in [5.74, 6) is 0.507. The van der Waals surface area contributed by atoms with Gasteiger partial charge in [0.25, 0.3) is 0 Å². The number of nitrogens with two attached hydrogens (primary N) is 1. The molecule has 3 N–H and O–H groups in total. The molecule has 0 spiro atoms. The molecule has 1 atom stereocenters. The molecule has 8 heteroatoms.